The van der Waals surface area contributed by atoms with E-state index in [1.54, 1.807) is 0 Å². The Kier molecular flexibility index (Phi) is 5.08. The van der Waals surface area contributed by atoms with Gasteiger partial charge in [0.1, 0.15) is 0 Å². The smallest absolute Gasteiger partial charge is 0.320 e. The number of nitrogens with one attached hydrogen (secondary N) is 1. The third-order valence-electron chi connectivity index (χ3n) is 4.64. The number of piperazine rings is 1. The number of hydrogen-bond donors (Lipinski definition) is 1. The molecular formula is C15H29N3O. The Morgan fingerprint density at radius 2 is 2.05 bits per heavy atom. The third-order valence-corrected chi connectivity index (χ3v) is 4.64. The Morgan fingerprint density at radius 1 is 1.26 bits per heavy atom. The van der Waals surface area contributed by atoms with E-state index in [1.165, 1.54) is 6.42 Å². The van der Waals surface area contributed by atoms with Gasteiger partial charge in [0.25, 0.3) is 0 Å². The van der Waals surface area contributed by atoms with Crippen molar-refractivity contribution in [1.82, 2.24) is 15.1 Å². The molecule has 4 heteroatoms. The molecule has 1 N–H and O–H groups in total. The molecule has 2 heterocycles. The van der Waals surface area contributed by atoms with Crippen LogP contribution in [0.15, 0.2) is 0 Å². The molecule has 0 radical (unpaired) electrons. The summed E-state index contributed by atoms with van der Waals surface area (Å²) < 4.78 is 0. The maximum atomic E-state index is 12.8. The molecule has 2 fully saturated rings. The molecule has 0 aromatic heterocycles. The number of rotatable bonds is 2. The van der Waals surface area contributed by atoms with Crippen molar-refractivity contribution >= 4 is 6.03 Å². The van der Waals surface area contributed by atoms with Gasteiger partial charge in [-0.3, -0.25) is 0 Å². The fourth-order valence-electron chi connectivity index (χ4n) is 3.28. The lowest BCUT2D eigenvalue weighted by Gasteiger charge is -2.43. The van der Waals surface area contributed by atoms with Gasteiger partial charge in [-0.1, -0.05) is 20.8 Å². The summed E-state index contributed by atoms with van der Waals surface area (Å²) >= 11 is 0. The SMILES string of the molecule is CCC1CN(C(=O)N2CCCC(C)C2)C(CC)CN1. The molecule has 2 aliphatic rings. The van der Waals surface area contributed by atoms with Gasteiger partial charge in [-0.2, -0.15) is 0 Å². The highest BCUT2D eigenvalue weighted by atomic mass is 16.2. The molecule has 19 heavy (non-hydrogen) atoms. The normalized spacial score (nSPS) is 32.5. The van der Waals surface area contributed by atoms with Crippen molar-refractivity contribution in [2.45, 2.75) is 58.5 Å². The van der Waals surface area contributed by atoms with E-state index in [0.29, 0.717) is 18.0 Å². The van der Waals surface area contributed by atoms with E-state index < -0.39 is 0 Å². The van der Waals surface area contributed by atoms with Gasteiger partial charge in [0.05, 0.1) is 0 Å². The quantitative estimate of drug-likeness (QED) is 0.833. The molecule has 0 aliphatic carbocycles. The summed E-state index contributed by atoms with van der Waals surface area (Å²) in [5.41, 5.74) is 0. The van der Waals surface area contributed by atoms with E-state index in [1.807, 2.05) is 0 Å². The summed E-state index contributed by atoms with van der Waals surface area (Å²) in [6.45, 7) is 10.3. The molecule has 0 saturated carbocycles. The van der Waals surface area contributed by atoms with Crippen molar-refractivity contribution in [3.8, 4) is 0 Å². The zero-order valence-electron chi connectivity index (χ0n) is 12.7. The molecule has 2 amide bonds. The van der Waals surface area contributed by atoms with Crippen molar-refractivity contribution in [2.75, 3.05) is 26.2 Å². The van der Waals surface area contributed by atoms with Crippen LogP contribution in [0, 0.1) is 5.92 Å². The Labute approximate surface area is 117 Å². The zero-order chi connectivity index (χ0) is 13.8. The first-order valence-corrected chi connectivity index (χ1v) is 7.94. The largest absolute Gasteiger partial charge is 0.324 e. The predicted octanol–water partition coefficient (Wildman–Crippen LogP) is 2.30. The first kappa shape index (κ1) is 14.6. The van der Waals surface area contributed by atoms with Crippen LogP contribution in [0.1, 0.15) is 46.5 Å². The molecule has 0 aromatic rings. The van der Waals surface area contributed by atoms with Gasteiger partial charge in [-0.15, -0.1) is 0 Å². The van der Waals surface area contributed by atoms with Crippen LogP contribution < -0.4 is 5.32 Å². The van der Waals surface area contributed by atoms with Crippen molar-refractivity contribution in [1.29, 1.82) is 0 Å². The molecule has 2 saturated heterocycles. The standard InChI is InChI=1S/C15H29N3O/c1-4-13-11-18(14(5-2)9-16-13)15(19)17-8-6-7-12(3)10-17/h12-14,16H,4-11H2,1-3H3. The Morgan fingerprint density at radius 3 is 2.68 bits per heavy atom. The fraction of sp³-hybridized carbons (Fsp3) is 0.933. The van der Waals surface area contributed by atoms with Crippen molar-refractivity contribution in [3.63, 3.8) is 0 Å². The summed E-state index contributed by atoms with van der Waals surface area (Å²) in [5, 5.41) is 3.55. The maximum Gasteiger partial charge on any atom is 0.320 e. The molecule has 0 spiro atoms. The number of carbonyl (C=O) groups is 1. The van der Waals surface area contributed by atoms with Crippen LogP contribution in [0.2, 0.25) is 0 Å². The van der Waals surface area contributed by atoms with Gasteiger partial charge in [0, 0.05) is 38.3 Å². The van der Waals surface area contributed by atoms with Gasteiger partial charge >= 0.3 is 6.03 Å². The Bertz CT molecular complexity index is 308. The van der Waals surface area contributed by atoms with Crippen LogP contribution in [-0.2, 0) is 0 Å². The number of carbonyl (C=O) groups excluding carboxylic acids is 1. The lowest BCUT2D eigenvalue weighted by Crippen LogP contribution is -2.61. The number of nitrogens with zero attached hydrogens (tertiary/aromatic N) is 2. The molecule has 110 valence electrons. The van der Waals surface area contributed by atoms with Gasteiger partial charge in [-0.05, 0) is 31.6 Å². The third kappa shape index (κ3) is 3.41. The summed E-state index contributed by atoms with van der Waals surface area (Å²) in [6, 6.07) is 1.11. The number of hydrogen-bond acceptors (Lipinski definition) is 2. The van der Waals surface area contributed by atoms with Crippen LogP contribution in [0.3, 0.4) is 0 Å². The second-order valence-corrected chi connectivity index (χ2v) is 6.20. The van der Waals surface area contributed by atoms with Crippen molar-refractivity contribution in [2.24, 2.45) is 5.92 Å². The van der Waals surface area contributed by atoms with E-state index in [2.05, 4.69) is 35.9 Å². The van der Waals surface area contributed by atoms with Crippen LogP contribution in [0.4, 0.5) is 4.79 Å². The van der Waals surface area contributed by atoms with Gasteiger partial charge in [0.2, 0.25) is 0 Å². The first-order chi connectivity index (χ1) is 9.15. The highest BCUT2D eigenvalue weighted by Gasteiger charge is 2.33. The van der Waals surface area contributed by atoms with E-state index in [4.69, 9.17) is 0 Å². The highest BCUT2D eigenvalue weighted by molar-refractivity contribution is 5.75. The highest BCUT2D eigenvalue weighted by Crippen LogP contribution is 2.20. The van der Waals surface area contributed by atoms with Gasteiger partial charge in [0.15, 0.2) is 0 Å². The van der Waals surface area contributed by atoms with E-state index >= 15 is 0 Å². The van der Waals surface area contributed by atoms with E-state index in [-0.39, 0.29) is 6.03 Å². The average molecular weight is 267 g/mol. The Hall–Kier alpha value is -0.770. The fourth-order valence-corrected chi connectivity index (χ4v) is 3.28. The molecular weight excluding hydrogens is 238 g/mol. The minimum atomic E-state index is 0.276. The second kappa shape index (κ2) is 6.60. The number of urea groups is 1. The molecule has 3 atom stereocenters. The molecule has 2 aliphatic heterocycles. The topological polar surface area (TPSA) is 35.6 Å². The molecule has 2 rings (SSSR count). The number of likely N-dealkylation sites (tertiary alicyclic amines) is 1. The van der Waals surface area contributed by atoms with Gasteiger partial charge in [-0.25, -0.2) is 4.79 Å². The summed E-state index contributed by atoms with van der Waals surface area (Å²) in [7, 11) is 0. The monoisotopic (exact) mass is 267 g/mol. The predicted molar refractivity (Wildman–Crippen MR) is 78.2 cm³/mol. The Balaban J connectivity index is 2.01. The van der Waals surface area contributed by atoms with Crippen LogP contribution in [0.25, 0.3) is 0 Å². The van der Waals surface area contributed by atoms with E-state index in [0.717, 1.165) is 45.4 Å². The number of amides is 2. The van der Waals surface area contributed by atoms with Crippen molar-refractivity contribution < 1.29 is 4.79 Å². The summed E-state index contributed by atoms with van der Waals surface area (Å²) in [6.07, 6.45) is 4.56. The summed E-state index contributed by atoms with van der Waals surface area (Å²) in [5.74, 6) is 0.655. The van der Waals surface area contributed by atoms with E-state index in [9.17, 15) is 4.79 Å². The first-order valence-electron chi connectivity index (χ1n) is 7.94. The van der Waals surface area contributed by atoms with Crippen molar-refractivity contribution in [3.05, 3.63) is 0 Å². The molecule has 0 bridgehead atoms. The maximum absolute atomic E-state index is 12.8. The minimum Gasteiger partial charge on any atom is -0.324 e. The van der Waals surface area contributed by atoms with Crippen LogP contribution in [-0.4, -0.2) is 54.1 Å². The lowest BCUT2D eigenvalue weighted by atomic mass is 10.00. The molecule has 0 aromatic carbocycles. The van der Waals surface area contributed by atoms with Gasteiger partial charge < -0.3 is 15.1 Å². The van der Waals surface area contributed by atoms with Crippen LogP contribution >= 0.6 is 0 Å². The summed E-state index contributed by atoms with van der Waals surface area (Å²) in [4.78, 5) is 17.0. The minimum absolute atomic E-state index is 0.276. The van der Waals surface area contributed by atoms with Crippen LogP contribution in [0.5, 0.6) is 0 Å². The zero-order valence-corrected chi connectivity index (χ0v) is 12.7. The molecule has 3 unspecified atom stereocenters. The lowest BCUT2D eigenvalue weighted by molar-refractivity contribution is 0.0917. The average Bonchev–Trinajstić information content (AvgIpc) is 2.45. The second-order valence-electron chi connectivity index (χ2n) is 6.20. The molecule has 4 nitrogen and oxygen atoms in total. The number of piperidine rings is 1.